The number of benzene rings is 1. The van der Waals surface area contributed by atoms with Crippen molar-refractivity contribution in [3.05, 3.63) is 59.3 Å². The Hall–Kier alpha value is -2.48. The second kappa shape index (κ2) is 10.0. The summed E-state index contributed by atoms with van der Waals surface area (Å²) in [5.74, 6) is 1.14. The molecule has 3 heterocycles. The highest BCUT2D eigenvalue weighted by molar-refractivity contribution is 5.94. The van der Waals surface area contributed by atoms with Crippen molar-refractivity contribution < 1.29 is 14.6 Å². The molecule has 7 nitrogen and oxygen atoms in total. The third-order valence-corrected chi connectivity index (χ3v) is 5.99. The zero-order valence-electron chi connectivity index (χ0n) is 17.1. The number of aliphatic hydroxyl groups is 1. The number of nitrogens with zero attached hydrogens (tertiary/aromatic N) is 1. The summed E-state index contributed by atoms with van der Waals surface area (Å²) in [6.07, 6.45) is 3.80. The lowest BCUT2D eigenvalue weighted by atomic mass is 9.93. The van der Waals surface area contributed by atoms with Crippen LogP contribution in [0.25, 0.3) is 0 Å². The molecule has 1 fully saturated rings. The Morgan fingerprint density at radius 2 is 2.00 bits per heavy atom. The maximum absolute atomic E-state index is 12.4. The number of aromatic nitrogens is 1. The summed E-state index contributed by atoms with van der Waals surface area (Å²) in [6.45, 7) is 3.45. The van der Waals surface area contributed by atoms with Crippen molar-refractivity contribution in [2.75, 3.05) is 31.6 Å². The van der Waals surface area contributed by atoms with E-state index in [0.717, 1.165) is 51.4 Å². The van der Waals surface area contributed by atoms with Crippen LogP contribution in [0.1, 0.15) is 34.3 Å². The molecule has 2 aliphatic rings. The monoisotopic (exact) mass is 410 g/mol. The average Bonchev–Trinajstić information content (AvgIpc) is 2.81. The van der Waals surface area contributed by atoms with E-state index in [-0.39, 0.29) is 18.5 Å². The molecular formula is C23H30N4O3. The zero-order valence-corrected chi connectivity index (χ0v) is 17.1. The van der Waals surface area contributed by atoms with Crippen molar-refractivity contribution in [2.45, 2.75) is 38.0 Å². The van der Waals surface area contributed by atoms with Gasteiger partial charge >= 0.3 is 0 Å². The van der Waals surface area contributed by atoms with Gasteiger partial charge in [0.25, 0.3) is 5.91 Å². The largest absolute Gasteiger partial charge is 0.390 e. The molecule has 2 aromatic rings. The Labute approximate surface area is 177 Å². The molecule has 2 aliphatic heterocycles. The van der Waals surface area contributed by atoms with Crippen molar-refractivity contribution >= 4 is 11.7 Å². The lowest BCUT2D eigenvalue weighted by Gasteiger charge is -2.30. The molecular weight excluding hydrogens is 380 g/mol. The fraction of sp³-hybridized carbons (Fsp3) is 0.478. The molecule has 30 heavy (non-hydrogen) atoms. The van der Waals surface area contributed by atoms with Crippen LogP contribution >= 0.6 is 0 Å². The van der Waals surface area contributed by atoms with Crippen molar-refractivity contribution in [1.82, 2.24) is 15.6 Å². The summed E-state index contributed by atoms with van der Waals surface area (Å²) in [4.78, 5) is 16.8. The smallest absolute Gasteiger partial charge is 0.252 e. The molecule has 1 unspecified atom stereocenters. The first kappa shape index (κ1) is 20.8. The van der Waals surface area contributed by atoms with E-state index in [1.165, 1.54) is 11.1 Å². The van der Waals surface area contributed by atoms with Gasteiger partial charge in [-0.25, -0.2) is 4.98 Å². The molecule has 0 spiro atoms. The summed E-state index contributed by atoms with van der Waals surface area (Å²) in [6, 6.07) is 11.7. The van der Waals surface area contributed by atoms with E-state index in [1.807, 2.05) is 18.2 Å². The van der Waals surface area contributed by atoms with Gasteiger partial charge in [0.05, 0.1) is 11.7 Å². The predicted molar refractivity (Wildman–Crippen MR) is 115 cm³/mol. The fourth-order valence-electron chi connectivity index (χ4n) is 4.03. The van der Waals surface area contributed by atoms with Gasteiger partial charge in [0.15, 0.2) is 0 Å². The first-order chi connectivity index (χ1) is 14.7. The van der Waals surface area contributed by atoms with Crippen LogP contribution < -0.4 is 16.0 Å². The van der Waals surface area contributed by atoms with E-state index in [1.54, 1.807) is 12.3 Å². The number of nitrogens with one attached hydrogen (secondary N) is 3. The quantitative estimate of drug-likeness (QED) is 0.555. The molecule has 1 aromatic carbocycles. The Kier molecular flexibility index (Phi) is 6.94. The average molecular weight is 411 g/mol. The Balaban J connectivity index is 1.23. The van der Waals surface area contributed by atoms with Crippen LogP contribution in [-0.4, -0.2) is 54.4 Å². The lowest BCUT2D eigenvalue weighted by molar-refractivity contribution is 0.0699. The number of carbonyl (C=O) groups excluding carboxylic acids is 1. The van der Waals surface area contributed by atoms with E-state index in [2.05, 4.69) is 33.1 Å². The van der Waals surface area contributed by atoms with Crippen LogP contribution in [0, 0.1) is 5.92 Å². The van der Waals surface area contributed by atoms with Gasteiger partial charge in [-0.05, 0) is 48.4 Å². The summed E-state index contributed by atoms with van der Waals surface area (Å²) < 4.78 is 5.38. The molecule has 1 saturated heterocycles. The molecule has 1 aromatic heterocycles. The summed E-state index contributed by atoms with van der Waals surface area (Å²) >= 11 is 0. The van der Waals surface area contributed by atoms with Gasteiger partial charge in [0, 0.05) is 45.1 Å². The number of pyridine rings is 1. The molecule has 7 heteroatoms. The van der Waals surface area contributed by atoms with E-state index < -0.39 is 6.10 Å². The van der Waals surface area contributed by atoms with Crippen LogP contribution in [-0.2, 0) is 17.7 Å². The van der Waals surface area contributed by atoms with E-state index >= 15 is 0 Å². The van der Waals surface area contributed by atoms with E-state index in [9.17, 15) is 9.90 Å². The number of fused-ring (bicyclic) bond motifs is 1. The number of hydrogen-bond donors (Lipinski definition) is 4. The third-order valence-electron chi connectivity index (χ3n) is 5.99. The maximum atomic E-state index is 12.4. The molecule has 4 N–H and O–H groups in total. The minimum atomic E-state index is -0.657. The van der Waals surface area contributed by atoms with Crippen molar-refractivity contribution in [2.24, 2.45) is 5.92 Å². The van der Waals surface area contributed by atoms with E-state index in [0.29, 0.717) is 11.5 Å². The number of aliphatic hydroxyl groups excluding tert-OH is 1. The minimum Gasteiger partial charge on any atom is -0.390 e. The number of amides is 1. The molecule has 4 rings (SSSR count). The van der Waals surface area contributed by atoms with Crippen molar-refractivity contribution in [3.8, 4) is 0 Å². The van der Waals surface area contributed by atoms with Gasteiger partial charge in [-0.2, -0.15) is 0 Å². The normalized spacial score (nSPS) is 20.2. The SMILES string of the molecule is O=C(NCC(O)[C@@H]1Cc2ccccc2CN1)c1ccc(NCC2CCOCC2)nc1. The highest BCUT2D eigenvalue weighted by atomic mass is 16.5. The molecule has 2 atom stereocenters. The van der Waals surface area contributed by atoms with Crippen LogP contribution in [0.2, 0.25) is 0 Å². The second-order valence-corrected chi connectivity index (χ2v) is 8.11. The van der Waals surface area contributed by atoms with Crippen molar-refractivity contribution in [3.63, 3.8) is 0 Å². The molecule has 0 aliphatic carbocycles. The second-order valence-electron chi connectivity index (χ2n) is 8.11. The number of anilines is 1. The summed E-state index contributed by atoms with van der Waals surface area (Å²) in [7, 11) is 0. The lowest BCUT2D eigenvalue weighted by Crippen LogP contribution is -2.49. The van der Waals surface area contributed by atoms with Gasteiger partial charge in [0.2, 0.25) is 0 Å². The Morgan fingerprint density at radius 3 is 2.77 bits per heavy atom. The maximum Gasteiger partial charge on any atom is 0.252 e. The molecule has 0 saturated carbocycles. The number of hydrogen-bond acceptors (Lipinski definition) is 6. The number of rotatable bonds is 7. The summed E-state index contributed by atoms with van der Waals surface area (Å²) in [5, 5.41) is 20.0. The highest BCUT2D eigenvalue weighted by Gasteiger charge is 2.24. The molecule has 1 amide bonds. The first-order valence-electron chi connectivity index (χ1n) is 10.7. The topological polar surface area (TPSA) is 95.5 Å². The standard InChI is InChI=1S/C23H30N4O3/c28-21(20-11-17-3-1-2-4-18(17)13-24-20)15-27-23(29)19-5-6-22(26-14-19)25-12-16-7-9-30-10-8-16/h1-6,14,16,20-21,24,28H,7-13,15H2,(H,25,26)(H,27,29)/t20-,21?/m0/s1. The number of ether oxygens (including phenoxy) is 1. The third kappa shape index (κ3) is 5.36. The van der Waals surface area contributed by atoms with Crippen LogP contribution in [0.15, 0.2) is 42.6 Å². The predicted octanol–water partition coefficient (Wildman–Crippen LogP) is 1.73. The minimum absolute atomic E-state index is 0.0740. The van der Waals surface area contributed by atoms with E-state index in [4.69, 9.17) is 4.74 Å². The molecule has 160 valence electrons. The van der Waals surface area contributed by atoms with Crippen LogP contribution in [0.5, 0.6) is 0 Å². The van der Waals surface area contributed by atoms with Gasteiger partial charge in [-0.3, -0.25) is 4.79 Å². The van der Waals surface area contributed by atoms with Crippen molar-refractivity contribution in [1.29, 1.82) is 0 Å². The highest BCUT2D eigenvalue weighted by Crippen LogP contribution is 2.18. The summed E-state index contributed by atoms with van der Waals surface area (Å²) in [5.41, 5.74) is 3.00. The van der Waals surface area contributed by atoms with Crippen LogP contribution in [0.4, 0.5) is 5.82 Å². The van der Waals surface area contributed by atoms with Gasteiger partial charge in [-0.1, -0.05) is 24.3 Å². The first-order valence-corrected chi connectivity index (χ1v) is 10.7. The molecule has 0 bridgehead atoms. The van der Waals surface area contributed by atoms with Gasteiger partial charge in [0.1, 0.15) is 5.82 Å². The van der Waals surface area contributed by atoms with Gasteiger partial charge < -0.3 is 25.8 Å². The van der Waals surface area contributed by atoms with Gasteiger partial charge in [-0.15, -0.1) is 0 Å². The number of carbonyl (C=O) groups is 1. The zero-order chi connectivity index (χ0) is 20.8. The molecule has 0 radical (unpaired) electrons. The Morgan fingerprint density at radius 1 is 1.20 bits per heavy atom. The van der Waals surface area contributed by atoms with Crippen LogP contribution in [0.3, 0.4) is 0 Å². The fourth-order valence-corrected chi connectivity index (χ4v) is 4.03. The Bertz CT molecular complexity index is 837.